The lowest BCUT2D eigenvalue weighted by Crippen LogP contribution is -2.29. The highest BCUT2D eigenvalue weighted by atomic mass is 35.5. The maximum Gasteiger partial charge on any atom is 0.358 e. The fourth-order valence-corrected chi connectivity index (χ4v) is 5.33. The van der Waals surface area contributed by atoms with Crippen molar-refractivity contribution in [3.63, 3.8) is 0 Å². The van der Waals surface area contributed by atoms with E-state index < -0.39 is 17.9 Å². The molecule has 1 aliphatic rings. The van der Waals surface area contributed by atoms with Gasteiger partial charge < -0.3 is 21.1 Å². The monoisotopic (exact) mass is 626 g/mol. The predicted octanol–water partition coefficient (Wildman–Crippen LogP) is 4.99. The fraction of sp³-hybridized carbons (Fsp3) is 0.0968. The molecule has 0 unspecified atom stereocenters. The second-order valence-electron chi connectivity index (χ2n) is 10.00. The Kier molecular flexibility index (Phi) is 7.97. The number of aliphatic imine (C=N–C) groups is 1. The summed E-state index contributed by atoms with van der Waals surface area (Å²) in [6, 6.07) is 19.8. The third-order valence-electron chi connectivity index (χ3n) is 7.04. The predicted molar refractivity (Wildman–Crippen MR) is 167 cm³/mol. The van der Waals surface area contributed by atoms with E-state index in [0.717, 1.165) is 22.3 Å². The fourth-order valence-electron chi connectivity index (χ4n) is 4.90. The number of aromatic carboxylic acids is 1. The van der Waals surface area contributed by atoms with Gasteiger partial charge in [0.2, 0.25) is 5.91 Å². The summed E-state index contributed by atoms with van der Waals surface area (Å²) >= 11 is 12.9. The summed E-state index contributed by atoms with van der Waals surface area (Å²) in [6.45, 7) is 0.495. The average molecular weight is 627 g/mol. The van der Waals surface area contributed by atoms with Gasteiger partial charge in [-0.2, -0.15) is 0 Å². The largest absolute Gasteiger partial charge is 0.476 e. The van der Waals surface area contributed by atoms with Gasteiger partial charge in [0.05, 0.1) is 24.5 Å². The molecule has 0 radical (unpaired) electrons. The zero-order valence-corrected chi connectivity index (χ0v) is 24.4. The minimum absolute atomic E-state index is 0.217. The number of hydrogen-bond donors (Lipinski definition) is 4. The maximum absolute atomic E-state index is 13.3. The number of benzene rings is 3. The number of halogens is 2. The molecule has 11 nitrogen and oxygen atoms in total. The lowest BCUT2D eigenvalue weighted by molar-refractivity contribution is -0.117. The van der Waals surface area contributed by atoms with Crippen molar-refractivity contribution >= 4 is 47.0 Å². The first kappa shape index (κ1) is 28.8. The van der Waals surface area contributed by atoms with Crippen LogP contribution in [-0.4, -0.2) is 47.8 Å². The van der Waals surface area contributed by atoms with Crippen molar-refractivity contribution in [2.24, 2.45) is 10.7 Å². The van der Waals surface area contributed by atoms with E-state index in [2.05, 4.69) is 25.6 Å². The number of carboxylic acids is 1. The number of amides is 1. The van der Waals surface area contributed by atoms with E-state index in [0.29, 0.717) is 51.7 Å². The third-order valence-corrected chi connectivity index (χ3v) is 7.55. The first-order chi connectivity index (χ1) is 21.2. The van der Waals surface area contributed by atoms with Crippen LogP contribution in [0.2, 0.25) is 10.2 Å². The minimum Gasteiger partial charge on any atom is -0.476 e. The number of aromatic amines is 1. The summed E-state index contributed by atoms with van der Waals surface area (Å²) in [5.74, 6) is -0.613. The van der Waals surface area contributed by atoms with E-state index >= 15 is 0 Å². The molecule has 6 rings (SSSR count). The molecule has 220 valence electrons. The molecule has 0 bridgehead atoms. The molecule has 5 aromatic rings. The zero-order chi connectivity index (χ0) is 30.8. The van der Waals surface area contributed by atoms with E-state index in [4.69, 9.17) is 33.9 Å². The number of aromatic nitrogens is 5. The SMILES string of the molecule is NC1=NCc2cc(-c3nc([C@H](Cc4ccccc4)NC(=O)/C=C/c4cc(Cl)ccc4-n4cc(C(=O)O)nn4)[nH]c3Cl)ccc21. The van der Waals surface area contributed by atoms with Crippen molar-refractivity contribution in [1.82, 2.24) is 30.3 Å². The molecule has 1 amide bonds. The maximum atomic E-state index is 13.3. The van der Waals surface area contributed by atoms with Crippen LogP contribution in [0.5, 0.6) is 0 Å². The van der Waals surface area contributed by atoms with Crippen LogP contribution in [0.3, 0.4) is 0 Å². The van der Waals surface area contributed by atoms with Gasteiger partial charge in [-0.25, -0.2) is 14.5 Å². The summed E-state index contributed by atoms with van der Waals surface area (Å²) in [7, 11) is 0. The quantitative estimate of drug-likeness (QED) is 0.167. The second kappa shape index (κ2) is 12.2. The summed E-state index contributed by atoms with van der Waals surface area (Å²) in [5, 5.41) is 20.6. The lowest BCUT2D eigenvalue weighted by Gasteiger charge is -2.16. The number of rotatable bonds is 9. The topological polar surface area (TPSA) is 164 Å². The molecule has 0 spiro atoms. The molecule has 13 heteroatoms. The Balaban J connectivity index is 1.27. The van der Waals surface area contributed by atoms with Crippen LogP contribution in [0.4, 0.5) is 0 Å². The Morgan fingerprint density at radius 1 is 1.11 bits per heavy atom. The molecule has 1 aliphatic heterocycles. The summed E-state index contributed by atoms with van der Waals surface area (Å²) in [5.41, 5.74) is 11.0. The summed E-state index contributed by atoms with van der Waals surface area (Å²) in [6.07, 6.45) is 4.65. The van der Waals surface area contributed by atoms with Gasteiger partial charge in [0.1, 0.15) is 22.5 Å². The Morgan fingerprint density at radius 2 is 1.93 bits per heavy atom. The van der Waals surface area contributed by atoms with Crippen molar-refractivity contribution < 1.29 is 14.7 Å². The molecule has 3 heterocycles. The standard InChI is InChI=1S/C31H24Cl2N8O3/c32-21-8-10-25(41-16-24(31(43)44)39-40-41)18(14-21)7-11-26(42)36-23(12-17-4-2-1-3-5-17)30-37-27(28(33)38-30)19-6-9-22-20(13-19)15-35-29(22)34/h1-11,13-14,16,23H,12,15H2,(H2,34,35)(H,36,42)(H,37,38)(H,43,44)/b11-7+/t23-/m0/s1. The molecular weight excluding hydrogens is 603 g/mol. The normalized spacial score (nSPS) is 13.1. The van der Waals surface area contributed by atoms with Crippen molar-refractivity contribution in [3.8, 4) is 16.9 Å². The number of carbonyl (C=O) groups is 2. The molecule has 0 saturated heterocycles. The van der Waals surface area contributed by atoms with Crippen LogP contribution in [0.1, 0.15) is 44.6 Å². The molecule has 0 saturated carbocycles. The molecule has 5 N–H and O–H groups in total. The van der Waals surface area contributed by atoms with Crippen LogP contribution >= 0.6 is 23.2 Å². The van der Waals surface area contributed by atoms with Crippen LogP contribution in [0.25, 0.3) is 23.0 Å². The number of amidine groups is 1. The number of nitrogens with one attached hydrogen (secondary N) is 2. The van der Waals surface area contributed by atoms with Gasteiger partial charge in [-0.05, 0) is 47.9 Å². The second-order valence-corrected chi connectivity index (χ2v) is 10.8. The molecule has 2 aromatic heterocycles. The van der Waals surface area contributed by atoms with Crippen molar-refractivity contribution in [2.45, 2.75) is 19.0 Å². The van der Waals surface area contributed by atoms with Crippen molar-refractivity contribution in [3.05, 3.63) is 123 Å². The van der Waals surface area contributed by atoms with Crippen molar-refractivity contribution in [2.75, 3.05) is 0 Å². The summed E-state index contributed by atoms with van der Waals surface area (Å²) in [4.78, 5) is 36.8. The van der Waals surface area contributed by atoms with Crippen LogP contribution < -0.4 is 11.1 Å². The van der Waals surface area contributed by atoms with Gasteiger partial charge in [-0.1, -0.05) is 70.9 Å². The molecule has 0 fully saturated rings. The molecule has 1 atom stereocenters. The molecule has 0 aliphatic carbocycles. The summed E-state index contributed by atoms with van der Waals surface area (Å²) < 4.78 is 1.31. The van der Waals surface area contributed by atoms with Crippen LogP contribution in [-0.2, 0) is 17.8 Å². The highest BCUT2D eigenvalue weighted by Crippen LogP contribution is 2.31. The number of carboxylic acid groups (broad SMARTS) is 1. The Morgan fingerprint density at radius 3 is 2.70 bits per heavy atom. The van der Waals surface area contributed by atoms with Gasteiger partial charge in [0, 0.05) is 27.8 Å². The van der Waals surface area contributed by atoms with Gasteiger partial charge in [0.15, 0.2) is 5.69 Å². The zero-order valence-electron chi connectivity index (χ0n) is 22.9. The number of nitrogens with zero attached hydrogens (tertiary/aromatic N) is 5. The van der Waals surface area contributed by atoms with E-state index in [-0.39, 0.29) is 5.69 Å². The number of hydrogen-bond acceptors (Lipinski definition) is 7. The molecule has 3 aromatic carbocycles. The van der Waals surface area contributed by atoms with Gasteiger partial charge in [-0.3, -0.25) is 9.79 Å². The smallest absolute Gasteiger partial charge is 0.358 e. The van der Waals surface area contributed by atoms with Crippen LogP contribution in [0, 0.1) is 0 Å². The molecular formula is C31H24Cl2N8O3. The van der Waals surface area contributed by atoms with Gasteiger partial charge >= 0.3 is 5.97 Å². The van der Waals surface area contributed by atoms with E-state index in [1.165, 1.54) is 17.0 Å². The minimum atomic E-state index is -1.21. The number of fused-ring (bicyclic) bond motifs is 1. The number of H-pyrrole nitrogens is 1. The van der Waals surface area contributed by atoms with Crippen molar-refractivity contribution in [1.29, 1.82) is 0 Å². The highest BCUT2D eigenvalue weighted by molar-refractivity contribution is 6.32. The lowest BCUT2D eigenvalue weighted by atomic mass is 10.0. The first-order valence-corrected chi connectivity index (χ1v) is 14.2. The van der Waals surface area contributed by atoms with Crippen LogP contribution in [0.15, 0.2) is 84.0 Å². The van der Waals surface area contributed by atoms with Gasteiger partial charge in [0.25, 0.3) is 0 Å². The Bertz CT molecular complexity index is 1950. The van der Waals surface area contributed by atoms with Gasteiger partial charge in [-0.15, -0.1) is 5.10 Å². The molecule has 44 heavy (non-hydrogen) atoms. The Hall–Kier alpha value is -5.26. The van der Waals surface area contributed by atoms with E-state index in [1.54, 1.807) is 24.3 Å². The van der Waals surface area contributed by atoms with E-state index in [1.807, 2.05) is 48.5 Å². The number of nitrogens with two attached hydrogens (primary N) is 1. The number of imidazole rings is 1. The first-order valence-electron chi connectivity index (χ1n) is 13.4. The van der Waals surface area contributed by atoms with E-state index in [9.17, 15) is 14.7 Å². The Labute approximate surface area is 261 Å². The highest BCUT2D eigenvalue weighted by Gasteiger charge is 2.22. The number of carbonyl (C=O) groups excluding carboxylic acids is 1. The third kappa shape index (κ3) is 6.10. The average Bonchev–Trinajstić information content (AvgIpc) is 3.75.